The van der Waals surface area contributed by atoms with Crippen LogP contribution in [0.1, 0.15) is 134 Å². The molecule has 18 atom stereocenters. The Morgan fingerprint density at radius 2 is 1.23 bits per heavy atom. The number of phenols is 4. The fraction of sp³-hybridized carbons (Fsp3) is 0.407. The number of carboxylic acid groups (broad SMARTS) is 1. The van der Waals surface area contributed by atoms with Gasteiger partial charge in [-0.3, -0.25) is 38.4 Å². The SMILES string of the molecule is CN[C@H]1C(=O)N[C@@H]2Cc3ccc(cc3)Oc3cc4cc(c3O[C@@H]3O[C@H](C(=O)O)[C@@H](O)[C@H](O)[C@H]3NC(=O)CCCCCCC(C)C)Oc3ccc(cc3Cl)[C@@H](O)[C@@H]3NC(=O)[C@H](NC(=O)[C@@H]4NC(=O)[C@@H](NC2=O)c2cc(cc(O)c2Cl)Oc2cc1ccc2O)c1ccc(O)c(c1)-c1c(O[C@H]2O[C@H](CO)[C@@H](O)[C@H](O)[C@@H]2O)cc(O)cc1[C@@H](C(=O)NCCCN(C)C)NC3=O. The summed E-state index contributed by atoms with van der Waals surface area (Å²) in [6.07, 6.45) is -18.0. The first kappa shape index (κ1) is 91.8. The average Bonchev–Trinajstić information content (AvgIpc) is 0.761. The number of phenolic OH excluding ortho intramolecular Hbond substituents is 4. The Morgan fingerprint density at radius 1 is 0.571 bits per heavy atom. The number of ether oxygens (including phenoxy) is 7. The van der Waals surface area contributed by atoms with E-state index in [-0.39, 0.29) is 47.8 Å². The molecule has 38 nitrogen and oxygen atoms in total. The van der Waals surface area contributed by atoms with E-state index in [1.54, 1.807) is 19.0 Å². The highest BCUT2D eigenvalue weighted by Crippen LogP contribution is 2.51. The number of amides is 8. The second-order valence-corrected chi connectivity index (χ2v) is 32.8. The number of aliphatic hydroxyl groups excluding tert-OH is 7. The molecule has 17 bridgehead atoms. The molecule has 0 radical (unpaired) electrons. The fourth-order valence-corrected chi connectivity index (χ4v) is 16.0. The van der Waals surface area contributed by atoms with E-state index >= 15 is 28.8 Å². The predicted molar refractivity (Wildman–Crippen MR) is 443 cm³/mol. The summed E-state index contributed by atoms with van der Waals surface area (Å²) in [4.78, 5) is 140. The van der Waals surface area contributed by atoms with Crippen LogP contribution in [0.4, 0.5) is 0 Å². The van der Waals surface area contributed by atoms with Crippen LogP contribution >= 0.6 is 23.2 Å². The summed E-state index contributed by atoms with van der Waals surface area (Å²) >= 11 is 14.3. The molecule has 672 valence electrons. The Labute approximate surface area is 729 Å². The molecule has 2 fully saturated rings. The van der Waals surface area contributed by atoms with Crippen molar-refractivity contribution < 1.29 is 138 Å². The topological polar surface area (TPSA) is 573 Å². The molecule has 7 aromatic carbocycles. The first-order chi connectivity index (χ1) is 60.1. The van der Waals surface area contributed by atoms with Crippen LogP contribution in [0.5, 0.6) is 69.0 Å². The van der Waals surface area contributed by atoms with E-state index in [0.29, 0.717) is 30.9 Å². The number of nitrogens with zero attached hydrogens (tertiary/aromatic N) is 1. The maximum absolute atomic E-state index is 16.8. The van der Waals surface area contributed by atoms with Gasteiger partial charge in [0.05, 0.1) is 16.7 Å². The van der Waals surface area contributed by atoms with E-state index in [1.807, 2.05) is 0 Å². The van der Waals surface area contributed by atoms with Gasteiger partial charge in [0.1, 0.15) is 131 Å². The summed E-state index contributed by atoms with van der Waals surface area (Å²) in [7, 11) is 4.95. The van der Waals surface area contributed by atoms with Gasteiger partial charge in [0.15, 0.2) is 29.1 Å². The molecule has 8 aliphatic heterocycles. The van der Waals surface area contributed by atoms with Gasteiger partial charge in [-0.25, -0.2) is 4.79 Å². The van der Waals surface area contributed by atoms with E-state index in [2.05, 4.69) is 61.7 Å². The Kier molecular flexibility index (Phi) is 28.7. The van der Waals surface area contributed by atoms with Gasteiger partial charge in [0.2, 0.25) is 65.6 Å². The third kappa shape index (κ3) is 20.3. The first-order valence-electron chi connectivity index (χ1n) is 40.5. The molecule has 8 heterocycles. The number of halogens is 2. The van der Waals surface area contributed by atoms with Gasteiger partial charge in [-0.05, 0) is 153 Å². The summed E-state index contributed by atoms with van der Waals surface area (Å²) in [5.41, 5.74) is -2.68. The number of unbranched alkanes of at least 4 members (excludes halogenated alkanes) is 3. The number of rotatable bonds is 20. The number of carbonyl (C=O) groups excluding carboxylic acids is 8. The molecule has 0 spiro atoms. The van der Waals surface area contributed by atoms with E-state index in [4.69, 9.17) is 56.4 Å². The van der Waals surface area contributed by atoms with Gasteiger partial charge in [-0.15, -0.1) is 0 Å². The maximum Gasteiger partial charge on any atom is 0.335 e. The number of hydrogen-bond acceptors (Lipinski definition) is 29. The minimum absolute atomic E-state index is 0.0944. The number of aliphatic carboxylic acids is 1. The molecule has 21 N–H and O–H groups in total. The van der Waals surface area contributed by atoms with Crippen LogP contribution < -0.4 is 71.5 Å². The van der Waals surface area contributed by atoms with Crippen molar-refractivity contribution in [3.8, 4) is 80.1 Å². The standard InChI is InChI=1S/C86H96Cl2N10O28/c1-36(2)11-8-6-7-9-12-59(104)92-68-71(107)73(109)76(84(118)119)126-85(68)125-75-56-29-41-30-57(75)122-53-22-17-40(27-48(53)87)69(105)67-83(117)96-65(78(112)90-23-10-24-98(4)5)46-31-42(100)32-55(123-86-74(110)72(108)70(106)58(35-99)124-86)60(46)45-26-38(15-20-50(45)101)63(80(114)97-67)93-81(115)64(41)94-82(116)66-47-33-44(34-52(103)61(47)88)121-54-28-39(16-21-51(54)102)62(89-3)79(113)91-49(77(111)95-66)25-37-13-18-43(120-56)19-14-37/h13-22,26-34,36,49,58,62-74,76,85-86,89,99-103,105-110H,6-12,23-25,35H2,1-5H3,(H,90,112)(H,91,113)(H,92,104)(H,93,115)(H,94,116)(H,95,111)(H,96,117)(H,97,114)(H,118,119)/t49-,58-,62-,63-,64-,65+,66+,67+,68-,69-,70-,71-,72+,73+,74+,76+,85-,86+/m1/s1. The lowest BCUT2D eigenvalue weighted by Gasteiger charge is -2.41. The van der Waals surface area contributed by atoms with Crippen molar-refractivity contribution in [3.05, 3.63) is 164 Å². The normalized spacial score (nSPS) is 26.1. The van der Waals surface area contributed by atoms with Crippen molar-refractivity contribution in [1.29, 1.82) is 0 Å². The van der Waals surface area contributed by atoms with Crippen LogP contribution in [0, 0.1) is 5.92 Å². The molecule has 8 aliphatic rings. The van der Waals surface area contributed by atoms with Gasteiger partial charge in [-0.2, -0.15) is 0 Å². The van der Waals surface area contributed by atoms with Crippen LogP contribution in [-0.2, 0) is 59.0 Å². The second kappa shape index (κ2) is 39.3. The zero-order chi connectivity index (χ0) is 90.5. The predicted octanol–water partition coefficient (Wildman–Crippen LogP) is 3.39. The third-order valence-corrected chi connectivity index (χ3v) is 22.9. The fourth-order valence-electron chi connectivity index (χ4n) is 15.6. The number of nitrogens with one attached hydrogen (secondary N) is 9. The van der Waals surface area contributed by atoms with Crippen LogP contribution in [0.3, 0.4) is 0 Å². The minimum atomic E-state index is -2.45. The Morgan fingerprint density at radius 3 is 1.93 bits per heavy atom. The number of likely N-dealkylation sites (N-methyl/N-ethyl adjacent to an activating group) is 1. The van der Waals surface area contributed by atoms with Crippen molar-refractivity contribution in [1.82, 2.24) is 52.8 Å². The van der Waals surface area contributed by atoms with Crippen molar-refractivity contribution in [2.24, 2.45) is 5.92 Å². The van der Waals surface area contributed by atoms with Gasteiger partial charge in [0.25, 0.3) is 0 Å². The zero-order valence-electron chi connectivity index (χ0n) is 68.3. The van der Waals surface area contributed by atoms with Gasteiger partial charge < -0.3 is 147 Å². The lowest BCUT2D eigenvalue weighted by Crippen LogP contribution is -2.66. The molecule has 0 aromatic heterocycles. The van der Waals surface area contributed by atoms with E-state index in [1.165, 1.54) is 49.5 Å². The Bertz CT molecular complexity index is 5300. The lowest BCUT2D eigenvalue weighted by atomic mass is 9.89. The number of hydrogen-bond donors (Lipinski definition) is 21. The molecule has 0 saturated carbocycles. The van der Waals surface area contributed by atoms with E-state index in [0.717, 1.165) is 92.1 Å². The van der Waals surface area contributed by atoms with Crippen molar-refractivity contribution in [2.75, 3.05) is 40.8 Å². The van der Waals surface area contributed by atoms with Crippen molar-refractivity contribution in [2.45, 2.75) is 175 Å². The third-order valence-electron chi connectivity index (χ3n) is 22.2. The molecule has 15 rings (SSSR count). The van der Waals surface area contributed by atoms with Crippen LogP contribution in [0.2, 0.25) is 10.0 Å². The van der Waals surface area contributed by atoms with Gasteiger partial charge >= 0.3 is 5.97 Å². The molecular formula is C86H96Cl2N10O28. The van der Waals surface area contributed by atoms with Crippen LogP contribution in [0.25, 0.3) is 11.1 Å². The molecule has 0 unspecified atom stereocenters. The molecule has 2 saturated heterocycles. The number of benzene rings is 7. The summed E-state index contributed by atoms with van der Waals surface area (Å²) in [5.74, 6) is -17.6. The molecule has 40 heteroatoms. The number of aromatic hydroxyl groups is 4. The number of aliphatic hydroxyl groups is 7. The van der Waals surface area contributed by atoms with Crippen LogP contribution in [-0.4, -0.2) is 234 Å². The Balaban J connectivity index is 1.05. The first-order valence-corrected chi connectivity index (χ1v) is 41.3. The van der Waals surface area contributed by atoms with Crippen LogP contribution in [0.15, 0.2) is 115 Å². The largest absolute Gasteiger partial charge is 0.508 e. The van der Waals surface area contributed by atoms with Crippen molar-refractivity contribution >= 4 is 76.4 Å². The molecule has 126 heavy (non-hydrogen) atoms. The average molecular weight is 1790 g/mol. The highest BCUT2D eigenvalue weighted by atomic mass is 35.5. The maximum atomic E-state index is 16.8. The highest BCUT2D eigenvalue weighted by Gasteiger charge is 2.52. The minimum Gasteiger partial charge on any atom is -0.508 e. The smallest absolute Gasteiger partial charge is 0.335 e. The molecular weight excluding hydrogens is 1690 g/mol. The van der Waals surface area contributed by atoms with Crippen molar-refractivity contribution in [3.63, 3.8) is 0 Å². The number of carbonyl (C=O) groups is 9. The molecule has 0 aliphatic carbocycles. The summed E-state index contributed by atoms with van der Waals surface area (Å²) in [6, 6.07) is 5.64. The monoisotopic (exact) mass is 1790 g/mol. The summed E-state index contributed by atoms with van der Waals surface area (Å²) in [5, 5.41) is 161. The number of fused-ring (bicyclic) bond motifs is 14. The Hall–Kier alpha value is -11.9. The quantitative estimate of drug-likeness (QED) is 0.0486. The van der Waals surface area contributed by atoms with E-state index < -0.39 is 271 Å². The van der Waals surface area contributed by atoms with Gasteiger partial charge in [0, 0.05) is 48.2 Å². The zero-order valence-corrected chi connectivity index (χ0v) is 69.8. The summed E-state index contributed by atoms with van der Waals surface area (Å²) < 4.78 is 44.4. The molecule has 8 amide bonds. The number of carboxylic acids is 1. The molecule has 7 aromatic rings. The highest BCUT2D eigenvalue weighted by molar-refractivity contribution is 6.33. The summed E-state index contributed by atoms with van der Waals surface area (Å²) in [6.45, 7) is 3.49. The second-order valence-electron chi connectivity index (χ2n) is 32.0. The van der Waals surface area contributed by atoms with E-state index in [9.17, 15) is 75.7 Å². The lowest BCUT2D eigenvalue weighted by molar-refractivity contribution is -0.277. The van der Waals surface area contributed by atoms with Gasteiger partial charge in [-0.1, -0.05) is 93.1 Å².